The van der Waals surface area contributed by atoms with E-state index in [1.807, 2.05) is 75.4 Å². The van der Waals surface area contributed by atoms with Crippen molar-refractivity contribution in [1.29, 1.82) is 0 Å². The van der Waals surface area contributed by atoms with Crippen LogP contribution in [0.3, 0.4) is 0 Å². The molecule has 0 saturated carbocycles. The number of amides is 1. The molecule has 1 N–H and O–H groups in total. The fourth-order valence-electron chi connectivity index (χ4n) is 3.25. The Kier molecular flexibility index (Phi) is 6.60. The SMILES string of the molecule is Cc1ccc([C@H](NC(=O)[C@H](C)Oc2cc(C)c(Cl)c(C)c2)c2ccccc2)cc1. The second-order valence-corrected chi connectivity index (χ2v) is 7.77. The Bertz CT molecular complexity index is 960. The largest absolute Gasteiger partial charge is 0.481 e. The van der Waals surface area contributed by atoms with Gasteiger partial charge in [0.1, 0.15) is 5.75 Å². The van der Waals surface area contributed by atoms with Crippen molar-refractivity contribution in [2.45, 2.75) is 39.8 Å². The summed E-state index contributed by atoms with van der Waals surface area (Å²) in [6.45, 7) is 7.66. The summed E-state index contributed by atoms with van der Waals surface area (Å²) in [7, 11) is 0. The van der Waals surface area contributed by atoms with E-state index in [0.717, 1.165) is 27.3 Å². The predicted molar refractivity (Wildman–Crippen MR) is 119 cm³/mol. The summed E-state index contributed by atoms with van der Waals surface area (Å²) in [6, 6.07) is 21.6. The minimum absolute atomic E-state index is 0.176. The summed E-state index contributed by atoms with van der Waals surface area (Å²) in [6.07, 6.45) is -0.647. The first-order valence-electron chi connectivity index (χ1n) is 9.70. The van der Waals surface area contributed by atoms with Gasteiger partial charge in [0.15, 0.2) is 6.10 Å². The molecule has 0 aromatic heterocycles. The number of nitrogens with one attached hydrogen (secondary N) is 1. The van der Waals surface area contributed by atoms with Crippen LogP contribution < -0.4 is 10.1 Å². The van der Waals surface area contributed by atoms with Gasteiger partial charge < -0.3 is 10.1 Å². The third-order valence-corrected chi connectivity index (χ3v) is 5.52. The minimum Gasteiger partial charge on any atom is -0.481 e. The number of ether oxygens (including phenoxy) is 1. The molecule has 0 fully saturated rings. The quantitative estimate of drug-likeness (QED) is 0.549. The van der Waals surface area contributed by atoms with E-state index in [2.05, 4.69) is 17.4 Å². The van der Waals surface area contributed by atoms with Crippen molar-refractivity contribution in [1.82, 2.24) is 5.32 Å². The summed E-state index contributed by atoms with van der Waals surface area (Å²) in [5.41, 5.74) is 5.08. The Hall–Kier alpha value is -2.78. The third kappa shape index (κ3) is 5.18. The minimum atomic E-state index is -0.647. The van der Waals surface area contributed by atoms with Gasteiger partial charge in [-0.3, -0.25) is 4.79 Å². The van der Waals surface area contributed by atoms with Crippen molar-refractivity contribution >= 4 is 17.5 Å². The summed E-state index contributed by atoms with van der Waals surface area (Å²) >= 11 is 6.23. The van der Waals surface area contributed by atoms with Crippen molar-refractivity contribution in [3.8, 4) is 5.75 Å². The van der Waals surface area contributed by atoms with E-state index in [-0.39, 0.29) is 11.9 Å². The van der Waals surface area contributed by atoms with Gasteiger partial charge in [-0.1, -0.05) is 71.8 Å². The molecule has 29 heavy (non-hydrogen) atoms. The van der Waals surface area contributed by atoms with E-state index in [1.165, 1.54) is 5.56 Å². The van der Waals surface area contributed by atoms with Crippen LogP contribution in [-0.4, -0.2) is 12.0 Å². The molecule has 3 nitrogen and oxygen atoms in total. The molecule has 0 spiro atoms. The number of halogens is 1. The van der Waals surface area contributed by atoms with Crippen LogP contribution in [0.1, 0.15) is 40.8 Å². The Morgan fingerprint density at radius 3 is 2.03 bits per heavy atom. The zero-order chi connectivity index (χ0) is 21.0. The van der Waals surface area contributed by atoms with Gasteiger partial charge in [-0.15, -0.1) is 0 Å². The maximum Gasteiger partial charge on any atom is 0.261 e. The van der Waals surface area contributed by atoms with Gasteiger partial charge in [-0.2, -0.15) is 0 Å². The highest BCUT2D eigenvalue weighted by atomic mass is 35.5. The van der Waals surface area contributed by atoms with Gasteiger partial charge in [0.2, 0.25) is 0 Å². The van der Waals surface area contributed by atoms with Crippen LogP contribution in [0.15, 0.2) is 66.7 Å². The lowest BCUT2D eigenvalue weighted by molar-refractivity contribution is -0.127. The number of rotatable bonds is 6. The van der Waals surface area contributed by atoms with Crippen LogP contribution in [0, 0.1) is 20.8 Å². The van der Waals surface area contributed by atoms with Crippen LogP contribution in [0.5, 0.6) is 5.75 Å². The lowest BCUT2D eigenvalue weighted by Gasteiger charge is -2.23. The topological polar surface area (TPSA) is 38.3 Å². The van der Waals surface area contributed by atoms with Gasteiger partial charge in [-0.05, 0) is 62.1 Å². The molecule has 0 aliphatic heterocycles. The summed E-state index contributed by atoms with van der Waals surface area (Å²) < 4.78 is 5.91. The average Bonchev–Trinajstić information content (AvgIpc) is 2.71. The normalized spacial score (nSPS) is 12.9. The van der Waals surface area contributed by atoms with Crippen LogP contribution >= 0.6 is 11.6 Å². The van der Waals surface area contributed by atoms with E-state index in [0.29, 0.717) is 5.75 Å². The molecule has 1 amide bonds. The molecule has 2 atom stereocenters. The van der Waals surface area contributed by atoms with E-state index in [9.17, 15) is 4.79 Å². The van der Waals surface area contributed by atoms with Crippen molar-refractivity contribution < 1.29 is 9.53 Å². The van der Waals surface area contributed by atoms with Gasteiger partial charge in [0, 0.05) is 5.02 Å². The molecule has 3 rings (SSSR count). The second kappa shape index (κ2) is 9.15. The third-order valence-electron chi connectivity index (χ3n) is 4.92. The van der Waals surface area contributed by atoms with Crippen LogP contribution in [-0.2, 0) is 4.79 Å². The summed E-state index contributed by atoms with van der Waals surface area (Å²) in [4.78, 5) is 12.9. The fourth-order valence-corrected chi connectivity index (χ4v) is 3.36. The Balaban J connectivity index is 1.80. The van der Waals surface area contributed by atoms with Crippen molar-refractivity contribution in [3.05, 3.63) is 99.6 Å². The van der Waals surface area contributed by atoms with E-state index >= 15 is 0 Å². The zero-order valence-corrected chi connectivity index (χ0v) is 18.0. The summed E-state index contributed by atoms with van der Waals surface area (Å²) in [5.74, 6) is 0.461. The smallest absolute Gasteiger partial charge is 0.261 e. The Labute approximate surface area is 177 Å². The molecule has 0 saturated heterocycles. The highest BCUT2D eigenvalue weighted by molar-refractivity contribution is 6.32. The number of hydrogen-bond acceptors (Lipinski definition) is 2. The maximum absolute atomic E-state index is 12.9. The predicted octanol–water partition coefficient (Wildman–Crippen LogP) is 5.94. The second-order valence-electron chi connectivity index (χ2n) is 7.39. The lowest BCUT2D eigenvalue weighted by atomic mass is 9.97. The number of aryl methyl sites for hydroxylation is 3. The van der Waals surface area contributed by atoms with Gasteiger partial charge in [0.25, 0.3) is 5.91 Å². The zero-order valence-electron chi connectivity index (χ0n) is 17.2. The van der Waals surface area contributed by atoms with Crippen LogP contribution in [0.2, 0.25) is 5.02 Å². The first kappa shape index (κ1) is 20.9. The van der Waals surface area contributed by atoms with Crippen LogP contribution in [0.25, 0.3) is 0 Å². The highest BCUT2D eigenvalue weighted by Crippen LogP contribution is 2.27. The Morgan fingerprint density at radius 2 is 1.45 bits per heavy atom. The fraction of sp³-hybridized carbons (Fsp3) is 0.240. The number of hydrogen-bond donors (Lipinski definition) is 1. The maximum atomic E-state index is 12.9. The Morgan fingerprint density at radius 1 is 0.897 bits per heavy atom. The van der Waals surface area contributed by atoms with Crippen molar-refractivity contribution in [2.24, 2.45) is 0 Å². The molecule has 150 valence electrons. The highest BCUT2D eigenvalue weighted by Gasteiger charge is 2.22. The monoisotopic (exact) mass is 407 g/mol. The van der Waals surface area contributed by atoms with Gasteiger partial charge >= 0.3 is 0 Å². The van der Waals surface area contributed by atoms with Crippen LogP contribution in [0.4, 0.5) is 0 Å². The first-order chi connectivity index (χ1) is 13.8. The molecule has 0 heterocycles. The van der Waals surface area contributed by atoms with E-state index < -0.39 is 6.10 Å². The molecule has 0 bridgehead atoms. The molecule has 0 aliphatic rings. The molecular weight excluding hydrogens is 382 g/mol. The molecule has 3 aromatic carbocycles. The first-order valence-corrected chi connectivity index (χ1v) is 10.1. The van der Waals surface area contributed by atoms with Crippen molar-refractivity contribution in [3.63, 3.8) is 0 Å². The lowest BCUT2D eigenvalue weighted by Crippen LogP contribution is -2.39. The number of carbonyl (C=O) groups is 1. The van der Waals surface area contributed by atoms with E-state index in [4.69, 9.17) is 16.3 Å². The molecule has 3 aromatic rings. The van der Waals surface area contributed by atoms with Gasteiger partial charge in [0.05, 0.1) is 6.04 Å². The molecule has 0 radical (unpaired) electrons. The standard InChI is InChI=1S/C25H26ClNO2/c1-16-10-12-21(13-11-16)24(20-8-6-5-7-9-20)27-25(28)19(4)29-22-14-17(2)23(26)18(3)15-22/h5-15,19,24H,1-4H3,(H,27,28)/t19-,24+/m0/s1. The number of benzene rings is 3. The number of carbonyl (C=O) groups excluding carboxylic acids is 1. The molecule has 4 heteroatoms. The molecular formula is C25H26ClNO2. The summed E-state index contributed by atoms with van der Waals surface area (Å²) in [5, 5.41) is 3.86. The van der Waals surface area contributed by atoms with E-state index in [1.54, 1.807) is 6.92 Å². The van der Waals surface area contributed by atoms with Gasteiger partial charge in [-0.25, -0.2) is 0 Å². The average molecular weight is 408 g/mol. The molecule has 0 aliphatic carbocycles. The molecule has 0 unspecified atom stereocenters. The van der Waals surface area contributed by atoms with Crippen molar-refractivity contribution in [2.75, 3.05) is 0 Å².